The summed E-state index contributed by atoms with van der Waals surface area (Å²) in [7, 11) is 0. The maximum absolute atomic E-state index is 9.36. The Kier molecular flexibility index (Phi) is 3.18. The molecule has 0 spiro atoms. The smallest absolute Gasteiger partial charge is 0.135 e. The van der Waals surface area contributed by atoms with Gasteiger partial charge < -0.3 is 4.42 Å². The zero-order valence-corrected chi connectivity index (χ0v) is 23.3. The number of fused-ring (bicyclic) bond motifs is 5. The van der Waals surface area contributed by atoms with Crippen molar-refractivity contribution in [3.63, 3.8) is 0 Å². The third-order valence-corrected chi connectivity index (χ3v) is 7.95. The molecule has 1 heteroatoms. The van der Waals surface area contributed by atoms with Gasteiger partial charge in [0.2, 0.25) is 0 Å². The average Bonchev–Trinajstić information content (AvgIpc) is 3.65. The molecule has 1 nitrogen and oxygen atoms in total. The van der Waals surface area contributed by atoms with Crippen LogP contribution < -0.4 is 0 Å². The maximum atomic E-state index is 9.36. The Morgan fingerprint density at radius 1 is 0.356 bits per heavy atom. The van der Waals surface area contributed by atoms with Gasteiger partial charge in [0.1, 0.15) is 11.2 Å². The van der Waals surface area contributed by atoms with E-state index in [2.05, 4.69) is 0 Å². The molecule has 0 N–H and O–H groups in total. The normalized spacial score (nSPS) is 16.8. The lowest BCUT2D eigenvalue weighted by atomic mass is 9.83. The van der Waals surface area contributed by atoms with E-state index in [1.165, 1.54) is 0 Å². The number of rotatable bonds is 4. The van der Waals surface area contributed by atoms with Crippen LogP contribution in [0.5, 0.6) is 0 Å². The third-order valence-electron chi connectivity index (χ3n) is 7.95. The van der Waals surface area contributed by atoms with Crippen molar-refractivity contribution in [2.45, 2.75) is 0 Å². The number of benzene rings is 8. The van der Waals surface area contributed by atoms with Gasteiger partial charge in [0.25, 0.3) is 0 Å². The molecular weight excluding hydrogens is 544 g/mol. The third kappa shape index (κ3) is 4.17. The van der Waals surface area contributed by atoms with Gasteiger partial charge in [-0.1, -0.05) is 151 Å². The van der Waals surface area contributed by atoms with Crippen LogP contribution in [-0.2, 0) is 0 Å². The van der Waals surface area contributed by atoms with Crippen molar-refractivity contribution < 1.29 is 27.7 Å². The van der Waals surface area contributed by atoms with E-state index in [1.807, 2.05) is 42.5 Å². The van der Waals surface area contributed by atoms with Gasteiger partial charge in [-0.3, -0.25) is 0 Å². The first-order chi connectivity index (χ1) is 29.4. The highest BCUT2D eigenvalue weighted by Crippen LogP contribution is 2.46. The van der Waals surface area contributed by atoms with E-state index >= 15 is 0 Å². The minimum atomic E-state index is -0.858. The van der Waals surface area contributed by atoms with Gasteiger partial charge in [-0.25, -0.2) is 0 Å². The summed E-state index contributed by atoms with van der Waals surface area (Å²) >= 11 is 0. The summed E-state index contributed by atoms with van der Waals surface area (Å²) in [6.45, 7) is 0. The second kappa shape index (κ2) is 10.4. The maximum Gasteiger partial charge on any atom is 0.135 e. The summed E-state index contributed by atoms with van der Waals surface area (Å²) in [5, 5.41) is 0.528. The fraction of sp³-hybridized carbons (Fsp3) is 0. The Morgan fingerprint density at radius 2 is 0.889 bits per heavy atom. The molecule has 0 amide bonds. The van der Waals surface area contributed by atoms with E-state index in [0.29, 0.717) is 5.58 Å². The molecule has 0 bridgehead atoms. The van der Waals surface area contributed by atoms with Crippen LogP contribution in [0.25, 0.3) is 88.0 Å². The summed E-state index contributed by atoms with van der Waals surface area (Å²) in [5.41, 5.74) is 0.863. The summed E-state index contributed by atoms with van der Waals surface area (Å²) in [5.74, 6) is 0. The number of hydrogen-bond acceptors (Lipinski definition) is 1. The zero-order chi connectivity index (χ0) is 44.5. The Morgan fingerprint density at radius 3 is 1.60 bits per heavy atom. The highest BCUT2D eigenvalue weighted by Gasteiger charge is 2.18. The first-order valence-electron chi connectivity index (χ1n) is 22.5. The molecule has 0 saturated heterocycles. The lowest BCUT2D eigenvalue weighted by Gasteiger charge is -2.19. The Hall–Kier alpha value is -5.92. The van der Waals surface area contributed by atoms with Crippen LogP contribution in [0.3, 0.4) is 0 Å². The zero-order valence-electron chi connectivity index (χ0n) is 40.3. The second-order valence-corrected chi connectivity index (χ2v) is 10.4. The van der Waals surface area contributed by atoms with Crippen molar-refractivity contribution in [3.05, 3.63) is 169 Å². The monoisotopic (exact) mass is 589 g/mol. The fourth-order valence-corrected chi connectivity index (χ4v) is 5.96. The predicted octanol–water partition coefficient (Wildman–Crippen LogP) is 12.6. The van der Waals surface area contributed by atoms with Crippen molar-refractivity contribution >= 4 is 43.5 Å². The molecule has 0 aliphatic heterocycles. The van der Waals surface area contributed by atoms with Crippen molar-refractivity contribution in [2.75, 3.05) is 0 Å². The van der Waals surface area contributed by atoms with E-state index in [1.54, 1.807) is 24.3 Å². The molecule has 0 unspecified atom stereocenters. The number of para-hydroxylation sites is 1. The van der Waals surface area contributed by atoms with Crippen molar-refractivity contribution in [1.29, 1.82) is 0 Å². The van der Waals surface area contributed by atoms with Crippen LogP contribution in [0, 0.1) is 0 Å². The van der Waals surface area contributed by atoms with E-state index in [4.69, 9.17) is 20.9 Å². The molecule has 0 aliphatic rings. The Labute approximate surface area is 285 Å². The molecule has 0 atom stereocenters. The Bertz CT molecular complexity index is 3370. The van der Waals surface area contributed by atoms with Gasteiger partial charge in [-0.05, 0) is 84.3 Å². The van der Waals surface area contributed by atoms with E-state index in [9.17, 15) is 6.85 Å². The minimum absolute atomic E-state index is 0.0224. The minimum Gasteiger partial charge on any atom is -0.456 e. The molecule has 210 valence electrons. The van der Waals surface area contributed by atoms with Crippen LogP contribution in [0.2, 0.25) is 0 Å². The topological polar surface area (TPSA) is 13.1 Å². The number of hydrogen-bond donors (Lipinski definition) is 0. The molecule has 0 fully saturated rings. The van der Waals surface area contributed by atoms with Gasteiger partial charge in [0.15, 0.2) is 0 Å². The molecule has 9 rings (SSSR count). The highest BCUT2D eigenvalue weighted by molar-refractivity contribution is 6.22. The first-order valence-corrected chi connectivity index (χ1v) is 14.0. The van der Waals surface area contributed by atoms with Crippen molar-refractivity contribution in [3.8, 4) is 44.5 Å². The summed E-state index contributed by atoms with van der Waals surface area (Å²) in [6, 6.07) is 6.97. The lowest BCUT2D eigenvalue weighted by molar-refractivity contribution is 0.669. The van der Waals surface area contributed by atoms with E-state index < -0.39 is 125 Å². The van der Waals surface area contributed by atoms with Gasteiger partial charge in [0, 0.05) is 10.8 Å². The van der Waals surface area contributed by atoms with Gasteiger partial charge in [-0.2, -0.15) is 0 Å². The summed E-state index contributed by atoms with van der Waals surface area (Å²) in [6.07, 6.45) is 0. The largest absolute Gasteiger partial charge is 0.456 e. The quantitative estimate of drug-likeness (QED) is 0.186. The van der Waals surface area contributed by atoms with Crippen molar-refractivity contribution in [2.24, 2.45) is 0 Å². The van der Waals surface area contributed by atoms with Crippen molar-refractivity contribution in [1.82, 2.24) is 0 Å². The molecule has 8 aromatic carbocycles. The SMILES string of the molecule is [2H]c1c([2H])c([2H])c(-c2c([2H])c([2H])c([2H])c([2H])c2-c2c3c([2H])c([2H])c([2H])c([2H])c3c(-c3ccc(-c4ccc5oc6ccccc6c5c4)cc3)c3c([2H])c([2H])c([2H])c([2H])c23)c([2H])c1[2H]. The molecule has 1 aromatic heterocycles. The van der Waals surface area contributed by atoms with Gasteiger partial charge in [0.05, 0.1) is 23.3 Å². The average molecular weight is 590 g/mol. The van der Waals surface area contributed by atoms with Crippen LogP contribution >= 0.6 is 0 Å². The summed E-state index contributed by atoms with van der Waals surface area (Å²) < 4.78 is 157. The first kappa shape index (κ1) is 13.8. The molecule has 9 aromatic rings. The molecule has 0 saturated carbocycles. The molecule has 45 heavy (non-hydrogen) atoms. The van der Waals surface area contributed by atoms with Gasteiger partial charge in [-0.15, -0.1) is 0 Å². The molecule has 1 heterocycles. The van der Waals surface area contributed by atoms with Crippen LogP contribution in [0.4, 0.5) is 0 Å². The predicted molar refractivity (Wildman–Crippen MR) is 190 cm³/mol. The number of furan rings is 1. The Balaban J connectivity index is 1.46. The van der Waals surface area contributed by atoms with E-state index in [-0.39, 0.29) is 32.7 Å². The molecular formula is C44H28O. The second-order valence-electron chi connectivity index (χ2n) is 10.4. The van der Waals surface area contributed by atoms with Gasteiger partial charge >= 0.3 is 0 Å². The lowest BCUT2D eigenvalue weighted by Crippen LogP contribution is -1.92. The fourth-order valence-electron chi connectivity index (χ4n) is 5.96. The summed E-state index contributed by atoms with van der Waals surface area (Å²) in [4.78, 5) is 0. The van der Waals surface area contributed by atoms with Crippen LogP contribution in [-0.4, -0.2) is 0 Å². The van der Waals surface area contributed by atoms with E-state index in [0.717, 1.165) is 27.5 Å². The van der Waals surface area contributed by atoms with Crippen LogP contribution in [0.15, 0.2) is 174 Å². The standard InChI is InChI=1S/C44H28O/c1-2-12-30(13-3-1)33-14-4-5-16-35(33)44-38-19-8-6-17-36(38)43(37-18-7-9-20-39(37)44)31-24-22-29(23-25-31)32-26-27-42-40(28-32)34-15-10-11-21-41(34)45-42/h1-28H/i1D,2D,3D,4D,5D,6D,7D,8D,9D,12D,13D,14D,16D,17D,18D,19D,20D. The highest BCUT2D eigenvalue weighted by atomic mass is 16.3. The van der Waals surface area contributed by atoms with Crippen LogP contribution in [0.1, 0.15) is 23.3 Å². The molecule has 0 aliphatic carbocycles. The molecule has 0 radical (unpaired) electrons.